The number of hydrogen-bond donors (Lipinski definition) is 1. The lowest BCUT2D eigenvalue weighted by molar-refractivity contribution is -0.176. The molecular weight excluding hydrogens is 291 g/mol. The van der Waals surface area contributed by atoms with Crippen LogP contribution in [0.25, 0.3) is 0 Å². The van der Waals surface area contributed by atoms with Crippen LogP contribution in [0, 0.1) is 0 Å². The van der Waals surface area contributed by atoms with Crippen molar-refractivity contribution in [3.8, 4) is 0 Å². The van der Waals surface area contributed by atoms with Gasteiger partial charge in [-0.2, -0.15) is 13.2 Å². The minimum Gasteiger partial charge on any atom is -0.479 e. The maximum Gasteiger partial charge on any atom is 0.411 e. The van der Waals surface area contributed by atoms with Crippen molar-refractivity contribution in [1.82, 2.24) is 4.90 Å². The highest BCUT2D eigenvalue weighted by molar-refractivity contribution is 5.87. The standard InChI is InChI=1S/C13H20F3NO4/c1-2-5-12(11(19)20)6-3-7-17(12)10(18)4-8-21-9-13(14,15)16/h2-9H2,1H3,(H,19,20). The zero-order valence-corrected chi connectivity index (χ0v) is 11.9. The average Bonchev–Trinajstić information content (AvgIpc) is 2.79. The summed E-state index contributed by atoms with van der Waals surface area (Å²) in [5.74, 6) is -1.52. The molecule has 8 heteroatoms. The molecule has 0 aromatic carbocycles. The van der Waals surface area contributed by atoms with Gasteiger partial charge in [0.15, 0.2) is 0 Å². The van der Waals surface area contributed by atoms with Gasteiger partial charge in [-0.05, 0) is 19.3 Å². The molecular formula is C13H20F3NO4. The predicted molar refractivity (Wildman–Crippen MR) is 67.7 cm³/mol. The van der Waals surface area contributed by atoms with E-state index in [9.17, 15) is 27.9 Å². The third kappa shape index (κ3) is 4.59. The lowest BCUT2D eigenvalue weighted by Crippen LogP contribution is -2.53. The molecule has 0 aromatic rings. The van der Waals surface area contributed by atoms with E-state index in [4.69, 9.17) is 0 Å². The van der Waals surface area contributed by atoms with Gasteiger partial charge in [0.2, 0.25) is 5.91 Å². The fourth-order valence-electron chi connectivity index (χ4n) is 2.73. The first-order valence-electron chi connectivity index (χ1n) is 6.91. The summed E-state index contributed by atoms with van der Waals surface area (Å²) in [6, 6.07) is 0. The van der Waals surface area contributed by atoms with Crippen molar-refractivity contribution in [1.29, 1.82) is 0 Å². The quantitative estimate of drug-likeness (QED) is 0.732. The third-order valence-corrected chi connectivity index (χ3v) is 3.58. The molecule has 1 saturated heterocycles. The van der Waals surface area contributed by atoms with Gasteiger partial charge in [-0.1, -0.05) is 13.3 Å². The molecule has 1 amide bonds. The van der Waals surface area contributed by atoms with Crippen LogP contribution in [0.3, 0.4) is 0 Å². The molecule has 0 saturated carbocycles. The van der Waals surface area contributed by atoms with Crippen LogP contribution in [-0.2, 0) is 14.3 Å². The summed E-state index contributed by atoms with van der Waals surface area (Å²) in [4.78, 5) is 24.9. The van der Waals surface area contributed by atoms with Gasteiger partial charge in [-0.3, -0.25) is 4.79 Å². The number of alkyl halides is 3. The van der Waals surface area contributed by atoms with Crippen molar-refractivity contribution in [2.45, 2.75) is 50.7 Å². The fraction of sp³-hybridized carbons (Fsp3) is 0.846. The van der Waals surface area contributed by atoms with E-state index >= 15 is 0 Å². The number of carboxylic acids is 1. The summed E-state index contributed by atoms with van der Waals surface area (Å²) < 4.78 is 40.1. The van der Waals surface area contributed by atoms with E-state index in [0.717, 1.165) is 0 Å². The number of halogens is 3. The van der Waals surface area contributed by atoms with Gasteiger partial charge in [0.25, 0.3) is 0 Å². The normalized spacial score (nSPS) is 22.6. The highest BCUT2D eigenvalue weighted by Crippen LogP contribution is 2.34. The first-order chi connectivity index (χ1) is 9.73. The van der Waals surface area contributed by atoms with Crippen LogP contribution in [0.1, 0.15) is 39.0 Å². The monoisotopic (exact) mass is 311 g/mol. The van der Waals surface area contributed by atoms with Crippen LogP contribution in [0.15, 0.2) is 0 Å². The zero-order chi connectivity index (χ0) is 16.1. The molecule has 1 aliphatic heterocycles. The molecule has 0 aliphatic carbocycles. The maximum atomic E-state index is 12.1. The van der Waals surface area contributed by atoms with Gasteiger partial charge >= 0.3 is 12.1 Å². The maximum absolute atomic E-state index is 12.1. The topological polar surface area (TPSA) is 66.8 Å². The van der Waals surface area contributed by atoms with E-state index in [0.29, 0.717) is 32.2 Å². The molecule has 0 radical (unpaired) electrons. The SMILES string of the molecule is CCCC1(C(=O)O)CCCN1C(=O)CCOCC(F)(F)F. The molecule has 1 atom stereocenters. The van der Waals surface area contributed by atoms with Crippen molar-refractivity contribution in [3.05, 3.63) is 0 Å². The first-order valence-corrected chi connectivity index (χ1v) is 6.91. The predicted octanol–water partition coefficient (Wildman–Crippen LogP) is 2.20. The second kappa shape index (κ2) is 7.11. The molecule has 0 aromatic heterocycles. The Bertz CT molecular complexity index is 386. The van der Waals surface area contributed by atoms with Crippen LogP contribution < -0.4 is 0 Å². The minimum atomic E-state index is -4.43. The molecule has 1 aliphatic rings. The molecule has 0 bridgehead atoms. The van der Waals surface area contributed by atoms with Gasteiger partial charge in [-0.25, -0.2) is 4.79 Å². The van der Waals surface area contributed by atoms with Crippen molar-refractivity contribution < 1.29 is 32.6 Å². The van der Waals surface area contributed by atoms with E-state index < -0.39 is 30.2 Å². The van der Waals surface area contributed by atoms with E-state index in [1.807, 2.05) is 6.92 Å². The van der Waals surface area contributed by atoms with E-state index in [1.165, 1.54) is 4.90 Å². The molecule has 1 rings (SSSR count). The number of hydrogen-bond acceptors (Lipinski definition) is 3. The Labute approximate surface area is 121 Å². The Balaban J connectivity index is 2.57. The number of carbonyl (C=O) groups excluding carboxylic acids is 1. The van der Waals surface area contributed by atoms with E-state index in [1.54, 1.807) is 0 Å². The van der Waals surface area contributed by atoms with Gasteiger partial charge in [0, 0.05) is 6.54 Å². The highest BCUT2D eigenvalue weighted by Gasteiger charge is 2.48. The van der Waals surface area contributed by atoms with Crippen LogP contribution in [-0.4, -0.2) is 53.4 Å². The molecule has 1 fully saturated rings. The summed E-state index contributed by atoms with van der Waals surface area (Å²) in [7, 11) is 0. The Morgan fingerprint density at radius 2 is 2.05 bits per heavy atom. The second-order valence-electron chi connectivity index (χ2n) is 5.15. The van der Waals surface area contributed by atoms with E-state index in [-0.39, 0.29) is 13.0 Å². The highest BCUT2D eigenvalue weighted by atomic mass is 19.4. The van der Waals surface area contributed by atoms with Crippen LogP contribution in [0.2, 0.25) is 0 Å². The van der Waals surface area contributed by atoms with Gasteiger partial charge in [-0.15, -0.1) is 0 Å². The van der Waals surface area contributed by atoms with Crippen molar-refractivity contribution in [3.63, 3.8) is 0 Å². The second-order valence-corrected chi connectivity index (χ2v) is 5.15. The molecule has 1 heterocycles. The zero-order valence-electron chi connectivity index (χ0n) is 11.9. The Hall–Kier alpha value is -1.31. The first kappa shape index (κ1) is 17.7. The van der Waals surface area contributed by atoms with Crippen LogP contribution >= 0.6 is 0 Å². The average molecular weight is 311 g/mol. The number of carbonyl (C=O) groups is 2. The summed E-state index contributed by atoms with van der Waals surface area (Å²) in [5.41, 5.74) is -1.21. The van der Waals surface area contributed by atoms with Crippen molar-refractivity contribution >= 4 is 11.9 Å². The van der Waals surface area contributed by atoms with Gasteiger partial charge < -0.3 is 14.7 Å². The summed E-state index contributed by atoms with van der Waals surface area (Å²) in [5, 5.41) is 9.42. The number of amides is 1. The summed E-state index contributed by atoms with van der Waals surface area (Å²) in [6.45, 7) is 0.387. The molecule has 1 N–H and O–H groups in total. The molecule has 1 unspecified atom stereocenters. The smallest absolute Gasteiger partial charge is 0.411 e. The van der Waals surface area contributed by atoms with Gasteiger partial charge in [0.05, 0.1) is 13.0 Å². The Morgan fingerprint density at radius 1 is 1.38 bits per heavy atom. The van der Waals surface area contributed by atoms with Crippen LogP contribution in [0.4, 0.5) is 13.2 Å². The number of nitrogens with zero attached hydrogens (tertiary/aromatic N) is 1. The molecule has 0 spiro atoms. The number of rotatable bonds is 7. The third-order valence-electron chi connectivity index (χ3n) is 3.58. The van der Waals surface area contributed by atoms with Crippen molar-refractivity contribution in [2.24, 2.45) is 0 Å². The van der Waals surface area contributed by atoms with Crippen LogP contribution in [0.5, 0.6) is 0 Å². The number of likely N-dealkylation sites (tertiary alicyclic amines) is 1. The molecule has 21 heavy (non-hydrogen) atoms. The number of carboxylic acid groups (broad SMARTS) is 1. The molecule has 122 valence electrons. The van der Waals surface area contributed by atoms with Crippen molar-refractivity contribution in [2.75, 3.05) is 19.8 Å². The lowest BCUT2D eigenvalue weighted by atomic mass is 9.90. The summed E-state index contributed by atoms with van der Waals surface area (Å²) >= 11 is 0. The Kier molecular flexibility index (Phi) is 6.00. The number of aliphatic carboxylic acids is 1. The summed E-state index contributed by atoms with van der Waals surface area (Å²) in [6.07, 6.45) is -2.75. The number of ether oxygens (including phenoxy) is 1. The Morgan fingerprint density at radius 3 is 2.57 bits per heavy atom. The largest absolute Gasteiger partial charge is 0.479 e. The lowest BCUT2D eigenvalue weighted by Gasteiger charge is -2.34. The van der Waals surface area contributed by atoms with Gasteiger partial charge in [0.1, 0.15) is 12.1 Å². The minimum absolute atomic E-state index is 0.241. The van der Waals surface area contributed by atoms with E-state index in [2.05, 4.69) is 4.74 Å². The molecule has 5 nitrogen and oxygen atoms in total. The fourth-order valence-corrected chi connectivity index (χ4v) is 2.73.